The molecule has 0 aliphatic carbocycles. The Morgan fingerprint density at radius 1 is 1.31 bits per heavy atom. The summed E-state index contributed by atoms with van der Waals surface area (Å²) in [5, 5.41) is 8.87. The Hall–Kier alpha value is -2.18. The lowest BCUT2D eigenvalue weighted by Gasteiger charge is -2.38. The minimum atomic E-state index is -0.504. The van der Waals surface area contributed by atoms with Crippen LogP contribution in [0.3, 0.4) is 0 Å². The van der Waals surface area contributed by atoms with Gasteiger partial charge in [0.15, 0.2) is 0 Å². The van der Waals surface area contributed by atoms with Crippen molar-refractivity contribution < 1.29 is 14.8 Å². The van der Waals surface area contributed by atoms with E-state index in [0.29, 0.717) is 24.4 Å². The van der Waals surface area contributed by atoms with Crippen molar-refractivity contribution in [3.8, 4) is 0 Å². The Labute approximate surface area is 157 Å². The molecule has 0 saturated carbocycles. The molecule has 0 unspecified atom stereocenters. The summed E-state index contributed by atoms with van der Waals surface area (Å²) in [6.07, 6.45) is 0.462. The summed E-state index contributed by atoms with van der Waals surface area (Å²) in [5.74, 6) is -0.221. The van der Waals surface area contributed by atoms with Crippen LogP contribution < -0.4 is 5.48 Å². The minimum Gasteiger partial charge on any atom is -0.337 e. The molecular formula is C20H24N2O3S. The van der Waals surface area contributed by atoms with Crippen LogP contribution in [0.4, 0.5) is 0 Å². The molecule has 3 rings (SSSR count). The van der Waals surface area contributed by atoms with Gasteiger partial charge in [0.1, 0.15) is 0 Å². The highest BCUT2D eigenvalue weighted by molar-refractivity contribution is 7.14. The van der Waals surface area contributed by atoms with E-state index in [-0.39, 0.29) is 17.2 Å². The summed E-state index contributed by atoms with van der Waals surface area (Å²) in [6, 6.07) is 11.8. The summed E-state index contributed by atoms with van der Waals surface area (Å²) in [6.45, 7) is 7.38. The number of nitrogens with one attached hydrogen (secondary N) is 1. The van der Waals surface area contributed by atoms with Crippen LogP contribution in [0, 0.1) is 0 Å². The molecule has 0 bridgehead atoms. The quantitative estimate of drug-likeness (QED) is 0.635. The van der Waals surface area contributed by atoms with Crippen molar-refractivity contribution in [3.63, 3.8) is 0 Å². The highest BCUT2D eigenvalue weighted by atomic mass is 32.1. The van der Waals surface area contributed by atoms with Crippen LogP contribution >= 0.6 is 11.3 Å². The van der Waals surface area contributed by atoms with Crippen molar-refractivity contribution in [3.05, 3.63) is 57.3 Å². The Morgan fingerprint density at radius 3 is 2.65 bits per heavy atom. The van der Waals surface area contributed by atoms with Crippen LogP contribution in [0.1, 0.15) is 58.8 Å². The van der Waals surface area contributed by atoms with E-state index in [0.717, 1.165) is 16.0 Å². The van der Waals surface area contributed by atoms with Crippen LogP contribution in [0.2, 0.25) is 0 Å². The molecule has 1 aromatic carbocycles. The van der Waals surface area contributed by atoms with E-state index in [1.54, 1.807) is 11.5 Å². The zero-order chi connectivity index (χ0) is 18.9. The Balaban J connectivity index is 1.77. The van der Waals surface area contributed by atoms with Crippen LogP contribution in [-0.4, -0.2) is 28.5 Å². The van der Waals surface area contributed by atoms with Gasteiger partial charge in [0, 0.05) is 29.8 Å². The van der Waals surface area contributed by atoms with Crippen LogP contribution in [-0.2, 0) is 16.8 Å². The average Bonchev–Trinajstić information content (AvgIpc) is 3.06. The third kappa shape index (κ3) is 3.66. The molecule has 5 nitrogen and oxygen atoms in total. The zero-order valence-corrected chi connectivity index (χ0v) is 16.1. The van der Waals surface area contributed by atoms with Crippen molar-refractivity contribution in [2.75, 3.05) is 6.54 Å². The molecule has 2 heterocycles. The van der Waals surface area contributed by atoms with E-state index in [9.17, 15) is 9.59 Å². The largest absolute Gasteiger partial charge is 0.337 e. The van der Waals surface area contributed by atoms with E-state index in [1.807, 2.05) is 23.1 Å². The Bertz CT molecular complexity index is 814. The Kier molecular flexibility index (Phi) is 5.16. The summed E-state index contributed by atoms with van der Waals surface area (Å²) in [5.41, 5.74) is 3.62. The summed E-state index contributed by atoms with van der Waals surface area (Å²) < 4.78 is 0. The minimum absolute atomic E-state index is 0.124. The average molecular weight is 372 g/mol. The number of hydrogen-bond acceptors (Lipinski definition) is 4. The van der Waals surface area contributed by atoms with Gasteiger partial charge in [-0.25, -0.2) is 5.48 Å². The van der Waals surface area contributed by atoms with Gasteiger partial charge in [-0.1, -0.05) is 51.1 Å². The number of fused-ring (bicyclic) bond motifs is 1. The lowest BCUT2D eigenvalue weighted by Crippen LogP contribution is -2.44. The number of hydrogen-bond donors (Lipinski definition) is 2. The second-order valence-corrected chi connectivity index (χ2v) is 8.61. The molecule has 0 fully saturated rings. The monoisotopic (exact) mass is 372 g/mol. The number of benzene rings is 1. The molecule has 2 N–H and O–H groups in total. The third-order valence-electron chi connectivity index (χ3n) is 4.90. The fourth-order valence-electron chi connectivity index (χ4n) is 3.56. The van der Waals surface area contributed by atoms with E-state index in [4.69, 9.17) is 5.21 Å². The number of thiophene rings is 1. The van der Waals surface area contributed by atoms with Gasteiger partial charge in [0.05, 0.1) is 4.88 Å². The molecular weight excluding hydrogens is 348 g/mol. The second kappa shape index (κ2) is 7.21. The highest BCUT2D eigenvalue weighted by Gasteiger charge is 2.36. The lowest BCUT2D eigenvalue weighted by molar-refractivity contribution is -0.133. The van der Waals surface area contributed by atoms with Crippen molar-refractivity contribution >= 4 is 23.2 Å². The first-order chi connectivity index (χ1) is 12.3. The molecule has 1 aliphatic rings. The van der Waals surface area contributed by atoms with Gasteiger partial charge < -0.3 is 4.90 Å². The maximum absolute atomic E-state index is 12.9. The molecule has 2 amide bonds. The van der Waals surface area contributed by atoms with Crippen LogP contribution in [0.5, 0.6) is 0 Å². The summed E-state index contributed by atoms with van der Waals surface area (Å²) in [4.78, 5) is 28.1. The first-order valence-electron chi connectivity index (χ1n) is 8.72. The number of rotatable bonds is 4. The predicted molar refractivity (Wildman–Crippen MR) is 101 cm³/mol. The number of carbonyl (C=O) groups is 2. The molecule has 1 aromatic heterocycles. The van der Waals surface area contributed by atoms with Gasteiger partial charge in [-0.05, 0) is 23.1 Å². The van der Waals surface area contributed by atoms with Crippen molar-refractivity contribution in [2.45, 2.75) is 45.1 Å². The normalized spacial score (nSPS) is 16.7. The second-order valence-electron chi connectivity index (χ2n) is 7.56. The molecule has 26 heavy (non-hydrogen) atoms. The van der Waals surface area contributed by atoms with Crippen LogP contribution in [0.15, 0.2) is 36.4 Å². The molecule has 0 radical (unpaired) electrons. The smallest absolute Gasteiger partial charge is 0.284 e. The topological polar surface area (TPSA) is 69.6 Å². The van der Waals surface area contributed by atoms with Crippen molar-refractivity contribution in [1.82, 2.24) is 10.4 Å². The SMILES string of the molecule is C[C@H](CC(=O)N1Cc2cc(C(=O)NO)sc2C(C)(C)C1)c1ccccc1. The first kappa shape index (κ1) is 18.6. The van der Waals surface area contributed by atoms with Gasteiger partial charge in [0.25, 0.3) is 5.91 Å². The standard InChI is InChI=1S/C20H24N2O3S/c1-13(14-7-5-4-6-8-14)9-17(23)22-11-15-10-16(19(24)21-25)26-18(15)20(2,3)12-22/h4-8,10,13,25H,9,11-12H2,1-3H3,(H,21,24)/t13-/m1/s1. The number of nitrogens with zero attached hydrogens (tertiary/aromatic N) is 1. The van der Waals surface area contributed by atoms with Gasteiger partial charge in [-0.15, -0.1) is 11.3 Å². The van der Waals surface area contributed by atoms with Gasteiger partial charge in [-0.2, -0.15) is 0 Å². The summed E-state index contributed by atoms with van der Waals surface area (Å²) in [7, 11) is 0. The number of carbonyl (C=O) groups excluding carboxylic acids is 2. The molecule has 6 heteroatoms. The molecule has 1 aliphatic heterocycles. The van der Waals surface area contributed by atoms with Crippen molar-refractivity contribution in [2.24, 2.45) is 0 Å². The van der Waals surface area contributed by atoms with Gasteiger partial charge >= 0.3 is 0 Å². The lowest BCUT2D eigenvalue weighted by atomic mass is 9.84. The van der Waals surface area contributed by atoms with Gasteiger partial charge in [0.2, 0.25) is 5.91 Å². The molecule has 0 spiro atoms. The van der Waals surface area contributed by atoms with Crippen LogP contribution in [0.25, 0.3) is 0 Å². The number of amides is 2. The maximum atomic E-state index is 12.9. The molecule has 1 atom stereocenters. The summed E-state index contributed by atoms with van der Waals surface area (Å²) >= 11 is 1.39. The molecule has 0 saturated heterocycles. The van der Waals surface area contributed by atoms with E-state index < -0.39 is 5.91 Å². The molecule has 2 aromatic rings. The fourth-order valence-corrected chi connectivity index (χ4v) is 4.72. The maximum Gasteiger partial charge on any atom is 0.284 e. The Morgan fingerprint density at radius 2 is 2.00 bits per heavy atom. The number of hydroxylamine groups is 1. The fraction of sp³-hybridized carbons (Fsp3) is 0.400. The van der Waals surface area contributed by atoms with Gasteiger partial charge in [-0.3, -0.25) is 14.8 Å². The third-order valence-corrected chi connectivity index (χ3v) is 6.44. The first-order valence-corrected chi connectivity index (χ1v) is 9.54. The predicted octanol–water partition coefficient (Wildman–Crippen LogP) is 3.68. The van der Waals surface area contributed by atoms with E-state index in [2.05, 4.69) is 32.9 Å². The van der Waals surface area contributed by atoms with Crippen molar-refractivity contribution in [1.29, 1.82) is 0 Å². The molecule has 138 valence electrons. The van der Waals surface area contributed by atoms with E-state index >= 15 is 0 Å². The highest BCUT2D eigenvalue weighted by Crippen LogP contribution is 2.39. The zero-order valence-electron chi connectivity index (χ0n) is 15.3. The van der Waals surface area contributed by atoms with E-state index in [1.165, 1.54) is 11.3 Å².